The van der Waals surface area contributed by atoms with E-state index in [0.717, 1.165) is 16.8 Å². The molecule has 0 aliphatic heterocycles. The van der Waals surface area contributed by atoms with Gasteiger partial charge in [-0.05, 0) is 22.4 Å². The third kappa shape index (κ3) is 1.25. The zero-order chi connectivity index (χ0) is 10.5. The van der Waals surface area contributed by atoms with Crippen molar-refractivity contribution in [3.8, 4) is 0 Å². The van der Waals surface area contributed by atoms with E-state index in [1.807, 2.05) is 36.4 Å². The molecule has 0 bridgehead atoms. The lowest BCUT2D eigenvalue weighted by atomic mass is 10.0. The molecule has 0 saturated carbocycles. The van der Waals surface area contributed by atoms with Gasteiger partial charge < -0.3 is 0 Å². The number of rotatable bonds is 1. The van der Waals surface area contributed by atoms with Crippen LogP contribution in [0.5, 0.6) is 0 Å². The largest absolute Gasteiger partial charge is 0.293 e. The first kappa shape index (κ1) is 8.60. The van der Waals surface area contributed by atoms with Gasteiger partial charge in [-0.15, -0.1) is 0 Å². The Labute approximate surface area is 85.8 Å². The van der Waals surface area contributed by atoms with E-state index in [1.165, 1.54) is 0 Å². The van der Waals surface area contributed by atoms with Crippen LogP contribution in [0.1, 0.15) is 5.56 Å². The summed E-state index contributed by atoms with van der Waals surface area (Å²) in [7, 11) is 0. The lowest BCUT2D eigenvalue weighted by molar-refractivity contribution is 0.159. The highest BCUT2D eigenvalue weighted by atomic mass is 19.3. The topological polar surface area (TPSA) is 0 Å². The van der Waals surface area contributed by atoms with Gasteiger partial charge in [-0.25, -0.2) is 0 Å². The fourth-order valence-corrected chi connectivity index (χ4v) is 1.86. The molecule has 74 valence electrons. The van der Waals surface area contributed by atoms with Crippen molar-refractivity contribution in [3.05, 3.63) is 54.1 Å². The Morgan fingerprint density at radius 2 is 1.53 bits per heavy atom. The minimum Gasteiger partial charge on any atom is -0.196 e. The second-order valence-corrected chi connectivity index (χ2v) is 3.71. The molecule has 0 N–H and O–H groups in total. The van der Waals surface area contributed by atoms with Crippen LogP contribution in [0, 0.1) is 0 Å². The molecule has 0 aromatic heterocycles. The summed E-state index contributed by atoms with van der Waals surface area (Å²) < 4.78 is 25.8. The molecule has 0 radical (unpaired) electrons. The van der Waals surface area contributed by atoms with Crippen LogP contribution in [0.15, 0.2) is 48.5 Å². The first-order valence-electron chi connectivity index (χ1n) is 4.78. The van der Waals surface area contributed by atoms with Gasteiger partial charge in [0.15, 0.2) is 0 Å². The molecule has 0 atom stereocenters. The average molecular weight is 202 g/mol. The summed E-state index contributed by atoms with van der Waals surface area (Å²) in [6.45, 7) is 0. The maximum Gasteiger partial charge on any atom is 0.293 e. The number of benzene rings is 2. The lowest BCUT2D eigenvalue weighted by Gasteiger charge is -2.04. The van der Waals surface area contributed by atoms with E-state index in [-0.39, 0.29) is 5.57 Å². The second-order valence-electron chi connectivity index (χ2n) is 3.71. The van der Waals surface area contributed by atoms with Gasteiger partial charge in [0.25, 0.3) is 5.92 Å². The van der Waals surface area contributed by atoms with Crippen molar-refractivity contribution in [2.45, 2.75) is 5.92 Å². The predicted molar refractivity (Wildman–Crippen MR) is 56.9 cm³/mol. The van der Waals surface area contributed by atoms with Crippen LogP contribution in [0.3, 0.4) is 0 Å². The van der Waals surface area contributed by atoms with E-state index >= 15 is 0 Å². The minimum atomic E-state index is -2.69. The summed E-state index contributed by atoms with van der Waals surface area (Å²) in [6, 6.07) is 13.1. The first-order chi connectivity index (χ1) is 7.18. The van der Waals surface area contributed by atoms with Gasteiger partial charge in [0.2, 0.25) is 0 Å². The van der Waals surface area contributed by atoms with Crippen molar-refractivity contribution in [1.29, 1.82) is 0 Å². The van der Waals surface area contributed by atoms with Gasteiger partial charge in [0.1, 0.15) is 0 Å². The zero-order valence-corrected chi connectivity index (χ0v) is 7.87. The van der Waals surface area contributed by atoms with Gasteiger partial charge in [0.05, 0.1) is 0 Å². The Bertz CT molecular complexity index is 562. The number of hydrogen-bond acceptors (Lipinski definition) is 0. The van der Waals surface area contributed by atoms with Crippen LogP contribution in [0.25, 0.3) is 16.3 Å². The summed E-state index contributed by atoms with van der Waals surface area (Å²) in [6.07, 6.45) is 1.01. The molecule has 2 aromatic rings. The van der Waals surface area contributed by atoms with Crippen LogP contribution < -0.4 is 0 Å². The fourth-order valence-electron chi connectivity index (χ4n) is 1.86. The quantitative estimate of drug-likeness (QED) is 0.658. The second kappa shape index (κ2) is 2.66. The van der Waals surface area contributed by atoms with E-state index in [0.29, 0.717) is 5.56 Å². The molecule has 1 aliphatic rings. The van der Waals surface area contributed by atoms with Crippen molar-refractivity contribution in [2.75, 3.05) is 0 Å². The highest BCUT2D eigenvalue weighted by Crippen LogP contribution is 2.48. The Morgan fingerprint density at radius 1 is 0.867 bits per heavy atom. The summed E-state index contributed by atoms with van der Waals surface area (Å²) in [5.41, 5.74) is 0.803. The van der Waals surface area contributed by atoms with Gasteiger partial charge in [-0.1, -0.05) is 42.5 Å². The van der Waals surface area contributed by atoms with E-state index < -0.39 is 5.92 Å². The van der Waals surface area contributed by atoms with Crippen molar-refractivity contribution in [2.24, 2.45) is 0 Å². The van der Waals surface area contributed by atoms with E-state index in [9.17, 15) is 8.78 Å². The number of allylic oxidation sites excluding steroid dienone is 2. The van der Waals surface area contributed by atoms with Crippen LogP contribution in [-0.2, 0) is 0 Å². The van der Waals surface area contributed by atoms with Gasteiger partial charge in [-0.3, -0.25) is 0 Å². The summed E-state index contributed by atoms with van der Waals surface area (Å²) >= 11 is 0. The summed E-state index contributed by atoms with van der Waals surface area (Å²) in [5, 5.41) is 1.89. The molecule has 3 rings (SSSR count). The van der Waals surface area contributed by atoms with Crippen LogP contribution in [0.4, 0.5) is 8.78 Å². The van der Waals surface area contributed by atoms with E-state index in [1.54, 1.807) is 6.07 Å². The molecule has 0 spiro atoms. The molecule has 0 heterocycles. The first-order valence-corrected chi connectivity index (χ1v) is 4.78. The molecule has 15 heavy (non-hydrogen) atoms. The zero-order valence-electron chi connectivity index (χ0n) is 7.87. The van der Waals surface area contributed by atoms with Gasteiger partial charge in [0, 0.05) is 5.57 Å². The van der Waals surface area contributed by atoms with Crippen molar-refractivity contribution >= 4 is 16.3 Å². The maximum absolute atomic E-state index is 12.9. The highest BCUT2D eigenvalue weighted by molar-refractivity contribution is 6.00. The Balaban J connectivity index is 2.24. The third-order valence-electron chi connectivity index (χ3n) is 2.68. The van der Waals surface area contributed by atoms with Gasteiger partial charge in [-0.2, -0.15) is 8.78 Å². The van der Waals surface area contributed by atoms with Gasteiger partial charge >= 0.3 is 0 Å². The molecule has 2 heteroatoms. The molecule has 0 nitrogen and oxygen atoms in total. The minimum absolute atomic E-state index is 0.152. The summed E-state index contributed by atoms with van der Waals surface area (Å²) in [4.78, 5) is 0. The normalized spacial score (nSPS) is 17.6. The van der Waals surface area contributed by atoms with Crippen molar-refractivity contribution in [1.82, 2.24) is 0 Å². The van der Waals surface area contributed by atoms with Crippen LogP contribution >= 0.6 is 0 Å². The van der Waals surface area contributed by atoms with Crippen molar-refractivity contribution in [3.63, 3.8) is 0 Å². The Hall–Kier alpha value is -1.70. The molecule has 0 saturated heterocycles. The number of fused-ring (bicyclic) bond motifs is 1. The van der Waals surface area contributed by atoms with Crippen molar-refractivity contribution < 1.29 is 8.78 Å². The average Bonchev–Trinajstić information content (AvgIpc) is 2.87. The molecule has 2 aromatic carbocycles. The van der Waals surface area contributed by atoms with E-state index in [4.69, 9.17) is 0 Å². The third-order valence-corrected chi connectivity index (χ3v) is 2.68. The highest BCUT2D eigenvalue weighted by Gasteiger charge is 2.46. The Kier molecular flexibility index (Phi) is 1.52. The SMILES string of the molecule is FC1(F)C=C1c1cccc2ccccc12. The predicted octanol–water partition coefficient (Wildman–Crippen LogP) is 3.87. The smallest absolute Gasteiger partial charge is 0.196 e. The monoisotopic (exact) mass is 202 g/mol. The molecule has 0 amide bonds. The maximum atomic E-state index is 12.9. The Morgan fingerprint density at radius 3 is 2.27 bits per heavy atom. The standard InChI is InChI=1S/C13H8F2/c14-13(15)8-12(13)11-7-3-5-9-4-1-2-6-10(9)11/h1-8H. The molecular formula is C13H8F2. The van der Waals surface area contributed by atoms with Crippen LogP contribution in [0.2, 0.25) is 0 Å². The van der Waals surface area contributed by atoms with Crippen LogP contribution in [-0.4, -0.2) is 5.92 Å². The molecular weight excluding hydrogens is 194 g/mol. The lowest BCUT2D eigenvalue weighted by Crippen LogP contribution is -1.94. The fraction of sp³-hybridized carbons (Fsp3) is 0.0769. The number of hydrogen-bond donors (Lipinski definition) is 0. The molecule has 1 aliphatic carbocycles. The molecule has 0 fully saturated rings. The number of alkyl halides is 2. The molecule has 0 unspecified atom stereocenters. The summed E-state index contributed by atoms with van der Waals surface area (Å²) in [5.74, 6) is -2.69. The van der Waals surface area contributed by atoms with E-state index in [2.05, 4.69) is 0 Å². The number of halogens is 2.